The predicted molar refractivity (Wildman–Crippen MR) is 116 cm³/mol. The fourth-order valence-corrected chi connectivity index (χ4v) is 1.81. The first kappa shape index (κ1) is 24.0. The summed E-state index contributed by atoms with van der Waals surface area (Å²) in [6.45, 7) is 3.91. The Balaban J connectivity index is 0.000000718. The lowest BCUT2D eigenvalue weighted by molar-refractivity contribution is 0.104. The lowest BCUT2D eigenvalue weighted by Gasteiger charge is -2.02. The highest BCUT2D eigenvalue weighted by Gasteiger charge is 2.06. The molecule has 2 aromatic carbocycles. The van der Waals surface area contributed by atoms with Crippen LogP contribution >= 0.6 is 24.4 Å². The normalized spacial score (nSPS) is 9.78. The van der Waals surface area contributed by atoms with Crippen molar-refractivity contribution in [1.29, 1.82) is 0 Å². The van der Waals surface area contributed by atoms with Crippen LogP contribution in [0.15, 0.2) is 54.6 Å². The molecule has 0 fully saturated rings. The van der Waals surface area contributed by atoms with E-state index in [1.54, 1.807) is 24.3 Å². The van der Waals surface area contributed by atoms with Crippen molar-refractivity contribution in [2.75, 3.05) is 0 Å². The van der Waals surface area contributed by atoms with E-state index in [0.29, 0.717) is 11.1 Å². The molecule has 0 heterocycles. The summed E-state index contributed by atoms with van der Waals surface area (Å²) in [5.74, 6) is -0.201. The second kappa shape index (κ2) is 12.4. The maximum atomic E-state index is 12.0. The molecule has 2 aromatic rings. The Morgan fingerprint density at radius 3 is 1.78 bits per heavy atom. The third-order valence-electron chi connectivity index (χ3n) is 2.92. The molecule has 0 aliphatic carbocycles. The van der Waals surface area contributed by atoms with Gasteiger partial charge in [0.2, 0.25) is 0 Å². The van der Waals surface area contributed by atoms with Crippen LogP contribution in [0.4, 0.5) is 0 Å². The highest BCUT2D eigenvalue weighted by Crippen LogP contribution is 2.14. The molecule has 0 spiro atoms. The molecule has 2 rings (SSSR count). The van der Waals surface area contributed by atoms with Gasteiger partial charge in [-0.2, -0.15) is 0 Å². The molecule has 0 aromatic heterocycles. The Morgan fingerprint density at radius 2 is 1.33 bits per heavy atom. The summed E-state index contributed by atoms with van der Waals surface area (Å²) < 4.78 is 0. The largest absolute Gasteiger partial charge is 0.507 e. The van der Waals surface area contributed by atoms with E-state index in [9.17, 15) is 9.90 Å². The van der Waals surface area contributed by atoms with Crippen LogP contribution in [0.5, 0.6) is 0 Å². The van der Waals surface area contributed by atoms with Gasteiger partial charge in [-0.05, 0) is 44.3 Å². The Labute approximate surface area is 168 Å². The van der Waals surface area contributed by atoms with Crippen molar-refractivity contribution in [2.45, 2.75) is 13.8 Å². The summed E-state index contributed by atoms with van der Waals surface area (Å²) in [7, 11) is 0. The SMILES string of the molecule is Cc1ccc(C(O)=CC(=O)c2cccc(C)c2)cc1.NC(O)=S.NC(O)=S. The van der Waals surface area contributed by atoms with E-state index in [2.05, 4.69) is 35.9 Å². The first-order valence-corrected chi connectivity index (χ1v) is 8.40. The number of allylic oxidation sites excluding steroid dienone is 1. The standard InChI is InChI=1S/C17H16O2.2CH3NOS/c1-12-6-8-14(9-7-12)16(18)11-17(19)15-5-3-4-13(2)10-15;2*2-1(3)4/h3-11,18H,1-2H3;2*(H3,2,3,4). The van der Waals surface area contributed by atoms with Crippen LogP contribution in [0.3, 0.4) is 0 Å². The van der Waals surface area contributed by atoms with Gasteiger partial charge >= 0.3 is 0 Å². The van der Waals surface area contributed by atoms with Gasteiger partial charge < -0.3 is 26.8 Å². The van der Waals surface area contributed by atoms with Crippen molar-refractivity contribution < 1.29 is 20.1 Å². The fourth-order valence-electron chi connectivity index (χ4n) is 1.81. The summed E-state index contributed by atoms with van der Waals surface area (Å²) in [5, 5.41) is 24.1. The minimum atomic E-state index is -0.500. The molecule has 8 heteroatoms. The van der Waals surface area contributed by atoms with Gasteiger partial charge in [-0.25, -0.2) is 0 Å². The van der Waals surface area contributed by atoms with Crippen LogP contribution in [-0.4, -0.2) is 31.5 Å². The van der Waals surface area contributed by atoms with Crippen LogP contribution in [0.1, 0.15) is 27.0 Å². The molecule has 0 unspecified atom stereocenters. The number of aliphatic hydroxyl groups excluding tert-OH is 3. The molecule has 0 aliphatic heterocycles. The summed E-state index contributed by atoms with van der Waals surface area (Å²) in [4.78, 5) is 12.0. The van der Waals surface area contributed by atoms with Crippen molar-refractivity contribution in [3.8, 4) is 0 Å². The molecular weight excluding hydrogens is 384 g/mol. The molecule has 0 saturated heterocycles. The first-order valence-electron chi connectivity index (χ1n) is 7.58. The minimum absolute atomic E-state index is 0.00786. The average Bonchev–Trinajstić information content (AvgIpc) is 2.54. The molecule has 7 N–H and O–H groups in total. The Kier molecular flexibility index (Phi) is 11.0. The van der Waals surface area contributed by atoms with Gasteiger partial charge in [0.25, 0.3) is 10.3 Å². The number of aryl methyl sites for hydroxylation is 2. The molecule has 0 radical (unpaired) electrons. The Morgan fingerprint density at radius 1 is 0.852 bits per heavy atom. The first-order chi connectivity index (χ1) is 12.5. The van der Waals surface area contributed by atoms with E-state index in [1.807, 2.05) is 38.1 Å². The number of carbonyl (C=O) groups is 1. The second-order valence-corrected chi connectivity index (χ2v) is 6.14. The van der Waals surface area contributed by atoms with Crippen molar-refractivity contribution in [3.05, 3.63) is 76.9 Å². The lowest BCUT2D eigenvalue weighted by atomic mass is 10.1. The number of carbonyl (C=O) groups excluding carboxylic acids is 1. The third kappa shape index (κ3) is 12.1. The summed E-state index contributed by atoms with van der Waals surface area (Å²) in [6, 6.07) is 14.7. The number of hydrogen-bond donors (Lipinski definition) is 5. The van der Waals surface area contributed by atoms with Crippen molar-refractivity contribution in [2.24, 2.45) is 11.5 Å². The van der Waals surface area contributed by atoms with E-state index in [0.717, 1.165) is 11.1 Å². The fraction of sp³-hybridized carbons (Fsp3) is 0.105. The van der Waals surface area contributed by atoms with Gasteiger partial charge in [0.1, 0.15) is 5.76 Å². The summed E-state index contributed by atoms with van der Waals surface area (Å²) in [5.41, 5.74) is 12.2. The smallest absolute Gasteiger partial charge is 0.251 e. The van der Waals surface area contributed by atoms with Gasteiger partial charge in [0.15, 0.2) is 5.78 Å². The molecule has 0 aliphatic rings. The molecule has 0 amide bonds. The highest BCUT2D eigenvalue weighted by molar-refractivity contribution is 7.80. The maximum absolute atomic E-state index is 12.0. The molecule has 144 valence electrons. The summed E-state index contributed by atoms with van der Waals surface area (Å²) >= 11 is 7.74. The number of ketones is 1. The lowest BCUT2D eigenvalue weighted by Crippen LogP contribution is -2.03. The zero-order valence-corrected chi connectivity index (χ0v) is 16.6. The van der Waals surface area contributed by atoms with Crippen LogP contribution in [0.2, 0.25) is 0 Å². The van der Waals surface area contributed by atoms with E-state index >= 15 is 0 Å². The molecule has 0 atom stereocenters. The molecule has 0 bridgehead atoms. The van der Waals surface area contributed by atoms with Crippen LogP contribution in [0.25, 0.3) is 5.76 Å². The van der Waals surface area contributed by atoms with Gasteiger partial charge in [-0.1, -0.05) is 53.6 Å². The summed E-state index contributed by atoms with van der Waals surface area (Å²) in [6.07, 6.45) is 1.26. The zero-order valence-electron chi connectivity index (χ0n) is 14.9. The average molecular weight is 407 g/mol. The van der Waals surface area contributed by atoms with Gasteiger partial charge in [0.05, 0.1) is 0 Å². The quantitative estimate of drug-likeness (QED) is 0.226. The Bertz CT molecular complexity index is 799. The molecule has 6 nitrogen and oxygen atoms in total. The van der Waals surface area contributed by atoms with Crippen molar-refractivity contribution in [3.63, 3.8) is 0 Å². The number of benzene rings is 2. The topological polar surface area (TPSA) is 130 Å². The van der Waals surface area contributed by atoms with E-state index in [4.69, 9.17) is 10.2 Å². The van der Waals surface area contributed by atoms with Gasteiger partial charge in [-0.15, -0.1) is 0 Å². The van der Waals surface area contributed by atoms with E-state index in [1.165, 1.54) is 6.08 Å². The minimum Gasteiger partial charge on any atom is -0.507 e. The zero-order chi connectivity index (χ0) is 21.0. The number of hydrogen-bond acceptors (Lipinski definition) is 4. The highest BCUT2D eigenvalue weighted by atomic mass is 32.1. The van der Waals surface area contributed by atoms with Gasteiger partial charge in [0, 0.05) is 17.2 Å². The van der Waals surface area contributed by atoms with Crippen LogP contribution < -0.4 is 11.5 Å². The van der Waals surface area contributed by atoms with Gasteiger partial charge in [-0.3, -0.25) is 4.79 Å². The van der Waals surface area contributed by atoms with E-state index in [-0.39, 0.29) is 11.5 Å². The third-order valence-corrected chi connectivity index (χ3v) is 2.92. The molecule has 27 heavy (non-hydrogen) atoms. The number of aliphatic hydroxyl groups is 3. The number of nitrogens with two attached hydrogens (primary N) is 2. The predicted octanol–water partition coefficient (Wildman–Crippen LogP) is 3.66. The number of thiocarbonyl (C=S) groups is 2. The van der Waals surface area contributed by atoms with Crippen LogP contribution in [-0.2, 0) is 0 Å². The van der Waals surface area contributed by atoms with E-state index < -0.39 is 10.3 Å². The monoisotopic (exact) mass is 406 g/mol. The number of rotatable bonds is 3. The second-order valence-electron chi connectivity index (χ2n) is 5.31. The molecule has 0 saturated carbocycles. The Hall–Kier alpha value is -2.97. The van der Waals surface area contributed by atoms with Crippen molar-refractivity contribution in [1.82, 2.24) is 0 Å². The molecular formula is C19H22N2O4S2. The van der Waals surface area contributed by atoms with Crippen molar-refractivity contribution >= 4 is 46.3 Å². The van der Waals surface area contributed by atoms with Crippen LogP contribution in [0, 0.1) is 13.8 Å². The maximum Gasteiger partial charge on any atom is 0.251 e.